The minimum atomic E-state index is 0.583. The molecule has 1 aliphatic rings. The molecule has 0 radical (unpaired) electrons. The Morgan fingerprint density at radius 2 is 2.11 bits per heavy atom. The predicted molar refractivity (Wildman–Crippen MR) is 73.1 cm³/mol. The van der Waals surface area contributed by atoms with Crippen molar-refractivity contribution in [1.82, 2.24) is 15.1 Å². The highest BCUT2D eigenvalue weighted by Gasteiger charge is 2.12. The van der Waals surface area contributed by atoms with Gasteiger partial charge in [0.2, 0.25) is 0 Å². The first-order valence-electron chi connectivity index (χ1n) is 6.49. The van der Waals surface area contributed by atoms with Gasteiger partial charge in [0, 0.05) is 24.1 Å². The van der Waals surface area contributed by atoms with Crippen LogP contribution in [0.2, 0.25) is 0 Å². The van der Waals surface area contributed by atoms with Gasteiger partial charge in [-0.25, -0.2) is 4.68 Å². The van der Waals surface area contributed by atoms with Gasteiger partial charge >= 0.3 is 0 Å². The van der Waals surface area contributed by atoms with Gasteiger partial charge in [-0.3, -0.25) is 0 Å². The van der Waals surface area contributed by atoms with Gasteiger partial charge in [-0.1, -0.05) is 6.07 Å². The Morgan fingerprint density at radius 1 is 1.22 bits per heavy atom. The molecule has 1 aliphatic heterocycles. The highest BCUT2D eigenvalue weighted by atomic mass is 15.3. The topological polar surface area (TPSA) is 41.9 Å². The zero-order chi connectivity index (χ0) is 12.2. The quantitative estimate of drug-likeness (QED) is 0.865. The third-order valence-corrected chi connectivity index (χ3v) is 3.33. The molecule has 1 fully saturated rings. The number of aromatic nitrogens is 2. The lowest BCUT2D eigenvalue weighted by atomic mass is 10.1. The average molecular weight is 242 g/mol. The van der Waals surface area contributed by atoms with Gasteiger partial charge in [0.1, 0.15) is 0 Å². The molecule has 2 N–H and O–H groups in total. The van der Waals surface area contributed by atoms with E-state index in [9.17, 15) is 0 Å². The largest absolute Gasteiger partial charge is 0.382 e. The maximum atomic E-state index is 4.25. The van der Waals surface area contributed by atoms with E-state index in [1.54, 1.807) is 6.20 Å². The van der Waals surface area contributed by atoms with Crippen LogP contribution in [-0.4, -0.2) is 28.9 Å². The Labute approximate surface area is 107 Å². The van der Waals surface area contributed by atoms with E-state index in [2.05, 4.69) is 40.0 Å². The summed E-state index contributed by atoms with van der Waals surface area (Å²) in [6.07, 6.45) is 6.13. The molecule has 0 aliphatic carbocycles. The van der Waals surface area contributed by atoms with Crippen LogP contribution in [0.4, 0.5) is 5.69 Å². The minimum Gasteiger partial charge on any atom is -0.382 e. The van der Waals surface area contributed by atoms with Crippen molar-refractivity contribution >= 4 is 5.69 Å². The van der Waals surface area contributed by atoms with E-state index in [0.717, 1.165) is 18.8 Å². The summed E-state index contributed by atoms with van der Waals surface area (Å²) in [6.45, 7) is 2.22. The molecule has 18 heavy (non-hydrogen) atoms. The zero-order valence-corrected chi connectivity index (χ0v) is 10.3. The molecule has 1 saturated heterocycles. The van der Waals surface area contributed by atoms with Crippen LogP contribution in [0.5, 0.6) is 0 Å². The minimum absolute atomic E-state index is 0.583. The maximum Gasteiger partial charge on any atom is 0.0666 e. The molecule has 0 unspecified atom stereocenters. The third kappa shape index (κ3) is 2.54. The van der Waals surface area contributed by atoms with Crippen LogP contribution in [0, 0.1) is 0 Å². The van der Waals surface area contributed by atoms with E-state index in [4.69, 9.17) is 0 Å². The summed E-state index contributed by atoms with van der Waals surface area (Å²) < 4.78 is 1.88. The van der Waals surface area contributed by atoms with Crippen molar-refractivity contribution in [3.63, 3.8) is 0 Å². The van der Waals surface area contributed by atoms with Crippen molar-refractivity contribution in [1.29, 1.82) is 0 Å². The lowest BCUT2D eigenvalue weighted by Gasteiger charge is -2.24. The van der Waals surface area contributed by atoms with E-state index < -0.39 is 0 Å². The van der Waals surface area contributed by atoms with Gasteiger partial charge in [-0.05, 0) is 50.2 Å². The van der Waals surface area contributed by atoms with Crippen molar-refractivity contribution in [3.8, 4) is 5.69 Å². The van der Waals surface area contributed by atoms with Crippen molar-refractivity contribution in [2.45, 2.75) is 18.9 Å². The van der Waals surface area contributed by atoms with Crippen molar-refractivity contribution in [2.75, 3.05) is 18.4 Å². The molecule has 2 heterocycles. The molecule has 4 nitrogen and oxygen atoms in total. The lowest BCUT2D eigenvalue weighted by molar-refractivity contribution is 0.479. The van der Waals surface area contributed by atoms with Crippen LogP contribution >= 0.6 is 0 Å². The van der Waals surface area contributed by atoms with Crippen molar-refractivity contribution < 1.29 is 0 Å². The Morgan fingerprint density at radius 3 is 2.89 bits per heavy atom. The van der Waals surface area contributed by atoms with Crippen LogP contribution in [0.1, 0.15) is 12.8 Å². The number of rotatable bonds is 3. The Kier molecular flexibility index (Phi) is 3.28. The molecule has 2 aromatic rings. The number of nitrogens with zero attached hydrogens (tertiary/aromatic N) is 2. The summed E-state index contributed by atoms with van der Waals surface area (Å²) in [5.74, 6) is 0. The Hall–Kier alpha value is -1.81. The van der Waals surface area contributed by atoms with Crippen LogP contribution in [0.25, 0.3) is 5.69 Å². The number of anilines is 1. The zero-order valence-electron chi connectivity index (χ0n) is 10.3. The Balaban J connectivity index is 1.74. The average Bonchev–Trinajstić information content (AvgIpc) is 2.94. The predicted octanol–water partition coefficient (Wildman–Crippen LogP) is 2.04. The van der Waals surface area contributed by atoms with E-state index in [1.807, 2.05) is 16.9 Å². The molecule has 1 aromatic heterocycles. The summed E-state index contributed by atoms with van der Waals surface area (Å²) in [6, 6.07) is 10.9. The molecule has 0 spiro atoms. The normalized spacial score (nSPS) is 16.7. The number of hydrogen-bond acceptors (Lipinski definition) is 3. The van der Waals surface area contributed by atoms with E-state index >= 15 is 0 Å². The standard InChI is InChI=1S/C14H18N4/c1-3-13(17-12-5-8-15-9-6-12)11-14(4-1)18-10-2-7-16-18/h1-4,7,10-12,15,17H,5-6,8-9H2. The van der Waals surface area contributed by atoms with Gasteiger partial charge < -0.3 is 10.6 Å². The molecule has 3 rings (SSSR count). The fourth-order valence-corrected chi connectivity index (χ4v) is 2.36. The first-order valence-corrected chi connectivity index (χ1v) is 6.49. The molecular weight excluding hydrogens is 224 g/mol. The highest BCUT2D eigenvalue weighted by Crippen LogP contribution is 2.17. The fourth-order valence-electron chi connectivity index (χ4n) is 2.36. The van der Waals surface area contributed by atoms with Gasteiger partial charge in [0.05, 0.1) is 5.69 Å². The lowest BCUT2D eigenvalue weighted by Crippen LogP contribution is -2.35. The number of benzene rings is 1. The van der Waals surface area contributed by atoms with E-state index in [1.165, 1.54) is 18.5 Å². The summed E-state index contributed by atoms with van der Waals surface area (Å²) in [5, 5.41) is 11.2. The summed E-state index contributed by atoms with van der Waals surface area (Å²) in [5.41, 5.74) is 2.27. The van der Waals surface area contributed by atoms with Crippen LogP contribution < -0.4 is 10.6 Å². The number of hydrogen-bond donors (Lipinski definition) is 2. The molecule has 0 bridgehead atoms. The molecule has 0 saturated carbocycles. The monoisotopic (exact) mass is 242 g/mol. The molecule has 0 amide bonds. The van der Waals surface area contributed by atoms with Crippen LogP contribution in [0.3, 0.4) is 0 Å². The Bertz CT molecular complexity index is 486. The fraction of sp³-hybridized carbons (Fsp3) is 0.357. The highest BCUT2D eigenvalue weighted by molar-refractivity contribution is 5.51. The molecular formula is C14H18N4. The summed E-state index contributed by atoms with van der Waals surface area (Å²) in [7, 11) is 0. The van der Waals surface area contributed by atoms with E-state index in [0.29, 0.717) is 6.04 Å². The smallest absolute Gasteiger partial charge is 0.0666 e. The van der Waals surface area contributed by atoms with Crippen molar-refractivity contribution in [3.05, 3.63) is 42.7 Å². The number of nitrogens with one attached hydrogen (secondary N) is 2. The third-order valence-electron chi connectivity index (χ3n) is 3.33. The van der Waals surface area contributed by atoms with Gasteiger partial charge in [0.25, 0.3) is 0 Å². The van der Waals surface area contributed by atoms with Crippen LogP contribution in [0.15, 0.2) is 42.7 Å². The molecule has 94 valence electrons. The molecule has 1 aromatic carbocycles. The molecule has 4 heteroatoms. The number of piperidine rings is 1. The second-order valence-electron chi connectivity index (χ2n) is 4.67. The molecule has 0 atom stereocenters. The summed E-state index contributed by atoms with van der Waals surface area (Å²) in [4.78, 5) is 0. The maximum absolute atomic E-state index is 4.25. The van der Waals surface area contributed by atoms with Crippen molar-refractivity contribution in [2.24, 2.45) is 0 Å². The summed E-state index contributed by atoms with van der Waals surface area (Å²) >= 11 is 0. The second kappa shape index (κ2) is 5.23. The SMILES string of the molecule is c1cc(NC2CCNCC2)cc(-n2cccn2)c1. The van der Waals surface area contributed by atoms with Gasteiger partial charge in [-0.15, -0.1) is 0 Å². The van der Waals surface area contributed by atoms with E-state index in [-0.39, 0.29) is 0 Å². The van der Waals surface area contributed by atoms with Gasteiger partial charge in [-0.2, -0.15) is 5.10 Å². The first kappa shape index (κ1) is 11.3. The van der Waals surface area contributed by atoms with Crippen LogP contribution in [-0.2, 0) is 0 Å². The van der Waals surface area contributed by atoms with Gasteiger partial charge in [0.15, 0.2) is 0 Å². The second-order valence-corrected chi connectivity index (χ2v) is 4.67. The first-order chi connectivity index (χ1) is 8.92.